The van der Waals surface area contributed by atoms with Crippen LogP contribution in [-0.2, 0) is 0 Å². The van der Waals surface area contributed by atoms with E-state index in [-0.39, 0.29) is 5.54 Å². The molecule has 0 aliphatic carbocycles. The summed E-state index contributed by atoms with van der Waals surface area (Å²) in [6.45, 7) is 6.66. The number of anilines is 1. The maximum absolute atomic E-state index is 4.80. The molecule has 0 aromatic carbocycles. The van der Waals surface area contributed by atoms with Crippen molar-refractivity contribution in [3.05, 3.63) is 0 Å². The van der Waals surface area contributed by atoms with Crippen LogP contribution in [0.15, 0.2) is 9.62 Å². The Labute approximate surface area is 114 Å². The number of rotatable bonds is 6. The molecule has 0 spiro atoms. The smallest absolute Gasteiger partial charge is 0.240 e. The Hall–Kier alpha value is -1.39. The average molecular weight is 264 g/mol. The van der Waals surface area contributed by atoms with Gasteiger partial charge >= 0.3 is 0 Å². The maximum Gasteiger partial charge on any atom is 0.240 e. The van der Waals surface area contributed by atoms with E-state index in [9.17, 15) is 0 Å². The molecule has 106 valence electrons. The number of nitrogens with zero attached hydrogens (tertiary/aromatic N) is 3. The summed E-state index contributed by atoms with van der Waals surface area (Å²) in [5.74, 6) is 1.29. The summed E-state index contributed by atoms with van der Waals surface area (Å²) in [5, 5.41) is 11.3. The first kappa shape index (κ1) is 14.0. The Balaban J connectivity index is 2.20. The summed E-state index contributed by atoms with van der Waals surface area (Å²) < 4.78 is 4.80. The molecule has 1 N–H and O–H groups in total. The van der Waals surface area contributed by atoms with E-state index in [0.29, 0.717) is 11.6 Å². The largest absolute Gasteiger partial charge is 0.358 e. The number of aliphatic imine (C=N–C) groups is 1. The molecule has 19 heavy (non-hydrogen) atoms. The van der Waals surface area contributed by atoms with Crippen molar-refractivity contribution in [2.45, 2.75) is 71.3 Å². The predicted octanol–water partition coefficient (Wildman–Crippen LogP) is 4.10. The first-order valence-corrected chi connectivity index (χ1v) is 7.34. The van der Waals surface area contributed by atoms with Crippen LogP contribution >= 0.6 is 0 Å². The quantitative estimate of drug-likeness (QED) is 0.840. The summed E-state index contributed by atoms with van der Waals surface area (Å²) in [5.41, 5.74) is 1.22. The van der Waals surface area contributed by atoms with Crippen molar-refractivity contribution in [1.82, 2.24) is 10.3 Å². The number of unbranched alkanes of at least 4 members (excludes halogenated alkanes) is 2. The molecule has 1 aromatic heterocycles. The summed E-state index contributed by atoms with van der Waals surface area (Å²) >= 11 is 0. The highest BCUT2D eigenvalue weighted by atomic mass is 16.6. The molecule has 0 amide bonds. The lowest BCUT2D eigenvalue weighted by Gasteiger charge is -2.30. The van der Waals surface area contributed by atoms with Gasteiger partial charge in [-0.2, -0.15) is 0 Å². The number of fused-ring (bicyclic) bond motifs is 1. The van der Waals surface area contributed by atoms with E-state index in [0.717, 1.165) is 19.3 Å². The minimum atomic E-state index is 0.00634. The fraction of sp³-hybridized carbons (Fsp3) is 0.786. The lowest BCUT2D eigenvalue weighted by molar-refractivity contribution is 0.308. The highest BCUT2D eigenvalue weighted by molar-refractivity contribution is 5.90. The summed E-state index contributed by atoms with van der Waals surface area (Å²) in [4.78, 5) is 4.63. The lowest BCUT2D eigenvalue weighted by Crippen LogP contribution is -2.36. The van der Waals surface area contributed by atoms with Gasteiger partial charge in [-0.25, -0.2) is 9.62 Å². The van der Waals surface area contributed by atoms with Crippen molar-refractivity contribution < 1.29 is 4.63 Å². The third-order valence-electron chi connectivity index (χ3n) is 3.65. The maximum atomic E-state index is 4.80. The van der Waals surface area contributed by atoms with Gasteiger partial charge in [0.2, 0.25) is 11.6 Å². The van der Waals surface area contributed by atoms with Gasteiger partial charge in [0, 0.05) is 17.7 Å². The van der Waals surface area contributed by atoms with Crippen molar-refractivity contribution in [2.75, 3.05) is 5.32 Å². The van der Waals surface area contributed by atoms with Crippen LogP contribution in [0.4, 0.5) is 11.6 Å². The fourth-order valence-corrected chi connectivity index (χ4v) is 2.55. The number of hydrogen-bond donors (Lipinski definition) is 1. The molecule has 5 heteroatoms. The molecule has 0 saturated carbocycles. The van der Waals surface area contributed by atoms with Crippen molar-refractivity contribution in [1.29, 1.82) is 0 Å². The topological polar surface area (TPSA) is 63.3 Å². The van der Waals surface area contributed by atoms with Gasteiger partial charge in [-0.3, -0.25) is 0 Å². The van der Waals surface area contributed by atoms with Gasteiger partial charge in [0.1, 0.15) is 0 Å². The van der Waals surface area contributed by atoms with E-state index in [1.807, 2.05) is 0 Å². The van der Waals surface area contributed by atoms with E-state index in [1.165, 1.54) is 31.4 Å². The summed E-state index contributed by atoms with van der Waals surface area (Å²) in [6, 6.07) is 0. The Morgan fingerprint density at radius 1 is 1.21 bits per heavy atom. The highest BCUT2D eigenvalue weighted by Gasteiger charge is 2.31. The van der Waals surface area contributed by atoms with E-state index >= 15 is 0 Å². The molecule has 1 unspecified atom stereocenters. The van der Waals surface area contributed by atoms with Crippen molar-refractivity contribution in [3.8, 4) is 0 Å². The van der Waals surface area contributed by atoms with E-state index < -0.39 is 0 Å². The van der Waals surface area contributed by atoms with Crippen LogP contribution in [0, 0.1) is 0 Å². The standard InChI is InChI=1S/C14H24N4O/c1-4-6-8-11-10-14(3,9-7-5-2)16-13-12(15-11)17-19-18-13/h4-10H2,1-3H3,(H,16,18). The second kappa shape index (κ2) is 6.17. The van der Waals surface area contributed by atoms with Gasteiger partial charge in [0.25, 0.3) is 0 Å². The van der Waals surface area contributed by atoms with Crippen LogP contribution in [0.1, 0.15) is 65.7 Å². The molecule has 1 aliphatic rings. The summed E-state index contributed by atoms with van der Waals surface area (Å²) in [6.07, 6.45) is 7.86. The van der Waals surface area contributed by atoms with Gasteiger partial charge in [0.05, 0.1) is 0 Å². The first-order chi connectivity index (χ1) is 9.17. The average Bonchev–Trinajstić information content (AvgIpc) is 2.75. The van der Waals surface area contributed by atoms with E-state index in [4.69, 9.17) is 4.63 Å². The predicted molar refractivity (Wildman–Crippen MR) is 77.1 cm³/mol. The van der Waals surface area contributed by atoms with Crippen molar-refractivity contribution in [3.63, 3.8) is 0 Å². The van der Waals surface area contributed by atoms with Gasteiger partial charge < -0.3 is 5.32 Å². The van der Waals surface area contributed by atoms with Crippen LogP contribution in [0.5, 0.6) is 0 Å². The zero-order valence-electron chi connectivity index (χ0n) is 12.2. The molecule has 2 heterocycles. The van der Waals surface area contributed by atoms with Gasteiger partial charge in [0.15, 0.2) is 0 Å². The molecular formula is C14H24N4O. The third-order valence-corrected chi connectivity index (χ3v) is 3.65. The second-order valence-corrected chi connectivity index (χ2v) is 5.68. The van der Waals surface area contributed by atoms with E-state index in [1.54, 1.807) is 0 Å². The Bertz CT molecular complexity index is 440. The molecule has 0 bridgehead atoms. The molecule has 5 nitrogen and oxygen atoms in total. The Morgan fingerprint density at radius 2 is 2.00 bits per heavy atom. The number of hydrogen-bond acceptors (Lipinski definition) is 5. The van der Waals surface area contributed by atoms with Gasteiger partial charge in [-0.1, -0.05) is 33.1 Å². The van der Waals surface area contributed by atoms with Crippen LogP contribution in [0.25, 0.3) is 0 Å². The minimum Gasteiger partial charge on any atom is -0.358 e. The minimum absolute atomic E-state index is 0.00634. The van der Waals surface area contributed by atoms with Crippen LogP contribution in [0.2, 0.25) is 0 Å². The Morgan fingerprint density at radius 3 is 2.74 bits per heavy atom. The molecule has 1 aliphatic heterocycles. The van der Waals surface area contributed by atoms with Crippen molar-refractivity contribution >= 4 is 17.3 Å². The summed E-state index contributed by atoms with van der Waals surface area (Å²) in [7, 11) is 0. The van der Waals surface area contributed by atoms with Crippen molar-refractivity contribution in [2.24, 2.45) is 4.99 Å². The van der Waals surface area contributed by atoms with Gasteiger partial charge in [-0.05, 0) is 36.5 Å². The Kier molecular flexibility index (Phi) is 4.56. The van der Waals surface area contributed by atoms with E-state index in [2.05, 4.69) is 41.4 Å². The van der Waals surface area contributed by atoms with Crippen LogP contribution < -0.4 is 5.32 Å². The van der Waals surface area contributed by atoms with Gasteiger partial charge in [-0.15, -0.1) is 0 Å². The monoisotopic (exact) mass is 264 g/mol. The zero-order chi connectivity index (χ0) is 13.7. The zero-order valence-corrected chi connectivity index (χ0v) is 12.2. The van der Waals surface area contributed by atoms with Crippen LogP contribution in [0.3, 0.4) is 0 Å². The first-order valence-electron chi connectivity index (χ1n) is 7.34. The second-order valence-electron chi connectivity index (χ2n) is 5.68. The number of nitrogens with one attached hydrogen (secondary N) is 1. The number of aromatic nitrogens is 2. The molecule has 1 atom stereocenters. The molecule has 1 aromatic rings. The molecule has 0 fully saturated rings. The molecule has 0 radical (unpaired) electrons. The molecular weight excluding hydrogens is 240 g/mol. The lowest BCUT2D eigenvalue weighted by atomic mass is 9.88. The normalized spacial score (nSPS) is 22.4. The third kappa shape index (κ3) is 3.55. The SMILES string of the molecule is CCCCC1=Nc2nonc2NC(C)(CCCC)C1. The fourth-order valence-electron chi connectivity index (χ4n) is 2.55. The van der Waals surface area contributed by atoms with Crippen LogP contribution in [-0.4, -0.2) is 21.6 Å². The highest BCUT2D eigenvalue weighted by Crippen LogP contribution is 2.33. The molecule has 0 saturated heterocycles. The molecule has 2 rings (SSSR count).